The van der Waals surface area contributed by atoms with E-state index in [0.717, 1.165) is 44.5 Å². The van der Waals surface area contributed by atoms with Gasteiger partial charge in [0.15, 0.2) is 0 Å². The van der Waals surface area contributed by atoms with E-state index >= 15 is 0 Å². The maximum atomic E-state index is 6.32. The molecule has 0 aliphatic rings. The van der Waals surface area contributed by atoms with Crippen molar-refractivity contribution in [2.24, 2.45) is 0 Å². The van der Waals surface area contributed by atoms with Crippen LogP contribution >= 0.6 is 11.3 Å². The van der Waals surface area contributed by atoms with Crippen molar-refractivity contribution in [1.82, 2.24) is 9.97 Å². The van der Waals surface area contributed by atoms with Crippen LogP contribution in [0.2, 0.25) is 0 Å². The van der Waals surface area contributed by atoms with Crippen molar-refractivity contribution in [3.8, 4) is 22.5 Å². The minimum atomic E-state index is 0. The molecule has 37 heavy (non-hydrogen) atoms. The van der Waals surface area contributed by atoms with E-state index in [1.807, 2.05) is 54.7 Å². The summed E-state index contributed by atoms with van der Waals surface area (Å²) in [6.45, 7) is 4.18. The Hall–Kier alpha value is -3.63. The number of aromatic nitrogens is 2. The van der Waals surface area contributed by atoms with Crippen LogP contribution in [0.4, 0.5) is 0 Å². The van der Waals surface area contributed by atoms with Gasteiger partial charge in [0.25, 0.3) is 0 Å². The predicted octanol–water partition coefficient (Wildman–Crippen LogP) is 8.83. The zero-order valence-corrected chi connectivity index (χ0v) is 23.5. The van der Waals surface area contributed by atoms with Crippen LogP contribution in [0.5, 0.6) is 0 Å². The molecular formula is C32H22IrN2OS-2. The zero-order chi connectivity index (χ0) is 24.5. The number of pyridine rings is 2. The molecule has 1 radical (unpaired) electrons. The van der Waals surface area contributed by atoms with Crippen molar-refractivity contribution >= 4 is 43.4 Å². The smallest absolute Gasteiger partial charge is 0.138 e. The second-order valence-corrected chi connectivity index (χ2v) is 9.54. The van der Waals surface area contributed by atoms with Gasteiger partial charge >= 0.3 is 0 Å². The first kappa shape index (κ1) is 25.0. The molecule has 4 aromatic heterocycles. The number of benzene rings is 3. The minimum Gasteiger partial charge on any atom is -0.499 e. The van der Waals surface area contributed by atoms with E-state index in [1.54, 1.807) is 17.5 Å². The van der Waals surface area contributed by atoms with Crippen LogP contribution in [-0.4, -0.2) is 9.97 Å². The van der Waals surface area contributed by atoms with Crippen LogP contribution < -0.4 is 0 Å². The van der Waals surface area contributed by atoms with Crippen molar-refractivity contribution in [1.29, 1.82) is 0 Å². The average molecular weight is 675 g/mol. The molecule has 0 amide bonds. The topological polar surface area (TPSA) is 38.9 Å². The molecule has 3 aromatic carbocycles. The van der Waals surface area contributed by atoms with Crippen molar-refractivity contribution < 1.29 is 24.5 Å². The molecular weight excluding hydrogens is 653 g/mol. The summed E-state index contributed by atoms with van der Waals surface area (Å²) in [5, 5.41) is 5.60. The summed E-state index contributed by atoms with van der Waals surface area (Å²) in [5.41, 5.74) is 8.09. The van der Waals surface area contributed by atoms with Gasteiger partial charge in [0.05, 0.1) is 10.3 Å². The summed E-state index contributed by atoms with van der Waals surface area (Å²) in [7, 11) is 0. The molecule has 0 saturated heterocycles. The first-order valence-corrected chi connectivity index (χ1v) is 12.6. The molecule has 7 aromatic rings. The number of furan rings is 1. The van der Waals surface area contributed by atoms with Crippen LogP contribution in [0, 0.1) is 26.0 Å². The third-order valence-corrected chi connectivity index (χ3v) is 7.23. The molecule has 0 spiro atoms. The zero-order valence-electron chi connectivity index (χ0n) is 20.3. The Kier molecular flexibility index (Phi) is 7.29. The van der Waals surface area contributed by atoms with Gasteiger partial charge in [0, 0.05) is 37.9 Å². The number of hydrogen-bond acceptors (Lipinski definition) is 4. The fourth-order valence-corrected chi connectivity index (χ4v) is 5.13. The predicted molar refractivity (Wildman–Crippen MR) is 149 cm³/mol. The number of fused-ring (bicyclic) bond motifs is 5. The third kappa shape index (κ3) is 4.86. The first-order valence-electron chi connectivity index (χ1n) is 11.7. The normalized spacial score (nSPS) is 10.8. The van der Waals surface area contributed by atoms with E-state index in [0.29, 0.717) is 0 Å². The van der Waals surface area contributed by atoms with Gasteiger partial charge in [-0.25, -0.2) is 0 Å². The summed E-state index contributed by atoms with van der Waals surface area (Å²) in [6.07, 6.45) is 3.70. The molecule has 0 saturated carbocycles. The van der Waals surface area contributed by atoms with E-state index in [9.17, 15) is 0 Å². The first-order chi connectivity index (χ1) is 17.7. The monoisotopic (exact) mass is 675 g/mol. The molecule has 7 rings (SSSR count). The van der Waals surface area contributed by atoms with Crippen LogP contribution in [0.3, 0.4) is 0 Å². The van der Waals surface area contributed by atoms with Gasteiger partial charge in [0.2, 0.25) is 0 Å². The Morgan fingerprint density at radius 2 is 1.62 bits per heavy atom. The summed E-state index contributed by atoms with van der Waals surface area (Å²) in [4.78, 5) is 8.81. The Bertz CT molecular complexity index is 1770. The van der Waals surface area contributed by atoms with Crippen molar-refractivity contribution in [3.63, 3.8) is 0 Å². The Morgan fingerprint density at radius 1 is 0.757 bits per heavy atom. The van der Waals surface area contributed by atoms with Gasteiger partial charge in [0.1, 0.15) is 5.58 Å². The van der Waals surface area contributed by atoms with Crippen LogP contribution in [0.15, 0.2) is 101 Å². The van der Waals surface area contributed by atoms with Gasteiger partial charge in [-0.2, -0.15) is 0 Å². The van der Waals surface area contributed by atoms with E-state index in [4.69, 9.17) is 4.42 Å². The maximum absolute atomic E-state index is 6.32. The molecule has 3 nitrogen and oxygen atoms in total. The third-order valence-electron chi connectivity index (χ3n) is 6.30. The van der Waals surface area contributed by atoms with Gasteiger partial charge in [-0.05, 0) is 53.7 Å². The van der Waals surface area contributed by atoms with Crippen molar-refractivity contribution in [2.45, 2.75) is 13.8 Å². The molecule has 183 valence electrons. The molecule has 0 N–H and O–H groups in total. The van der Waals surface area contributed by atoms with Crippen LogP contribution in [-0.2, 0) is 20.1 Å². The average Bonchev–Trinajstić information content (AvgIpc) is 3.56. The summed E-state index contributed by atoms with van der Waals surface area (Å²) < 4.78 is 7.52. The SMILES string of the molecule is Cc1cnc(-c2[c-]ccc3c2oc2c3ccc3ccsc32)cc1C.[Ir].[c-]1ccccc1-c1ccccn1. The van der Waals surface area contributed by atoms with Gasteiger partial charge in [-0.15, -0.1) is 65.4 Å². The summed E-state index contributed by atoms with van der Waals surface area (Å²) in [6, 6.07) is 32.7. The van der Waals surface area contributed by atoms with E-state index in [1.165, 1.54) is 21.2 Å². The van der Waals surface area contributed by atoms with Crippen molar-refractivity contribution in [2.75, 3.05) is 0 Å². The second-order valence-electron chi connectivity index (χ2n) is 8.62. The summed E-state index contributed by atoms with van der Waals surface area (Å²) in [5.74, 6) is 0. The van der Waals surface area contributed by atoms with Crippen LogP contribution in [0.25, 0.3) is 54.5 Å². The molecule has 4 heterocycles. The Morgan fingerprint density at radius 3 is 2.41 bits per heavy atom. The number of rotatable bonds is 2. The van der Waals surface area contributed by atoms with E-state index in [-0.39, 0.29) is 20.1 Å². The number of thiophene rings is 1. The molecule has 0 aliphatic heterocycles. The number of hydrogen-bond donors (Lipinski definition) is 0. The van der Waals surface area contributed by atoms with Gasteiger partial charge in [-0.3, -0.25) is 0 Å². The molecule has 0 unspecified atom stereocenters. The molecule has 0 aliphatic carbocycles. The molecule has 0 bridgehead atoms. The fraction of sp³-hybridized carbons (Fsp3) is 0.0625. The summed E-state index contributed by atoms with van der Waals surface area (Å²) >= 11 is 1.72. The molecule has 5 heteroatoms. The maximum Gasteiger partial charge on any atom is 0.138 e. The van der Waals surface area contributed by atoms with E-state index in [2.05, 4.69) is 71.7 Å². The largest absolute Gasteiger partial charge is 0.499 e. The molecule has 0 fully saturated rings. The fourth-order valence-electron chi connectivity index (χ4n) is 4.25. The standard InChI is InChI=1S/C21H14NOS.C11H8N.Ir/c1-12-10-18(22-11-13(12)2)17-5-3-4-15-16-7-6-14-8-9-24-21(14)20(16)23-19(15)17;1-2-6-10(7-3-1)11-8-4-5-9-12-11;/h3-4,6-11H,1-2H3;1-6,8-9H;/q2*-1;. The van der Waals surface area contributed by atoms with Gasteiger partial charge < -0.3 is 14.4 Å². The van der Waals surface area contributed by atoms with Gasteiger partial charge in [-0.1, -0.05) is 46.8 Å². The number of aryl methyl sites for hydroxylation is 2. The van der Waals surface area contributed by atoms with Crippen LogP contribution in [0.1, 0.15) is 11.1 Å². The number of nitrogens with zero attached hydrogens (tertiary/aromatic N) is 2. The Balaban J connectivity index is 0.000000183. The minimum absolute atomic E-state index is 0. The quantitative estimate of drug-likeness (QED) is 0.172. The van der Waals surface area contributed by atoms with E-state index < -0.39 is 0 Å². The molecule has 0 atom stereocenters. The second kappa shape index (κ2) is 10.8. The Labute approximate surface area is 233 Å². The van der Waals surface area contributed by atoms with Crippen molar-refractivity contribution in [3.05, 3.63) is 120 Å².